The van der Waals surface area contributed by atoms with E-state index in [1.165, 1.54) is 11.1 Å². The molecule has 0 saturated carbocycles. The number of anilines is 2. The lowest BCUT2D eigenvalue weighted by molar-refractivity contribution is 0.262. The summed E-state index contributed by atoms with van der Waals surface area (Å²) >= 11 is 6.11. The van der Waals surface area contributed by atoms with Gasteiger partial charge in [-0.1, -0.05) is 47.5 Å². The predicted molar refractivity (Wildman–Crippen MR) is 111 cm³/mol. The number of rotatable bonds is 4. The summed E-state index contributed by atoms with van der Waals surface area (Å²) in [7, 11) is 0. The highest BCUT2D eigenvalue weighted by Gasteiger charge is 2.15. The molecule has 140 valence electrons. The number of urea groups is 1. The molecule has 0 spiro atoms. The Labute approximate surface area is 164 Å². The molecule has 0 aliphatic rings. The van der Waals surface area contributed by atoms with E-state index in [1.807, 2.05) is 43.7 Å². The molecule has 6 heteroatoms. The first-order chi connectivity index (χ1) is 12.8. The lowest BCUT2D eigenvalue weighted by Crippen LogP contribution is -2.20. The van der Waals surface area contributed by atoms with Crippen molar-refractivity contribution in [2.75, 3.05) is 10.6 Å². The molecule has 0 unspecified atom stereocenters. The van der Waals surface area contributed by atoms with Crippen LogP contribution in [-0.2, 0) is 6.54 Å². The standard InChI is InChI=1S/C21H23ClN4O/c1-13-6-5-7-17(10-13)12-26-16(4)20(15(3)25-26)24-21(27)23-18-9-8-14(2)19(22)11-18/h5-11H,12H2,1-4H3,(H2,23,24,27). The molecule has 3 rings (SSSR count). The summed E-state index contributed by atoms with van der Waals surface area (Å²) in [6.07, 6.45) is 0. The fraction of sp³-hybridized carbons (Fsp3) is 0.238. The Morgan fingerprint density at radius 2 is 1.85 bits per heavy atom. The molecule has 1 aromatic heterocycles. The number of amides is 2. The number of hydrogen-bond acceptors (Lipinski definition) is 2. The molecule has 5 nitrogen and oxygen atoms in total. The first kappa shape index (κ1) is 19.0. The highest BCUT2D eigenvalue weighted by Crippen LogP contribution is 2.23. The van der Waals surface area contributed by atoms with Crippen molar-refractivity contribution in [2.45, 2.75) is 34.2 Å². The van der Waals surface area contributed by atoms with E-state index in [1.54, 1.807) is 6.07 Å². The van der Waals surface area contributed by atoms with Crippen molar-refractivity contribution in [3.8, 4) is 0 Å². The molecule has 2 aromatic carbocycles. The van der Waals surface area contributed by atoms with Crippen LogP contribution < -0.4 is 10.6 Å². The minimum Gasteiger partial charge on any atom is -0.308 e. The van der Waals surface area contributed by atoms with Crippen LogP contribution in [0.5, 0.6) is 0 Å². The average molecular weight is 383 g/mol. The van der Waals surface area contributed by atoms with Gasteiger partial charge >= 0.3 is 6.03 Å². The summed E-state index contributed by atoms with van der Waals surface area (Å²) in [5.74, 6) is 0. The topological polar surface area (TPSA) is 59.0 Å². The van der Waals surface area contributed by atoms with E-state index in [0.717, 1.165) is 22.6 Å². The summed E-state index contributed by atoms with van der Waals surface area (Å²) in [4.78, 5) is 12.4. The van der Waals surface area contributed by atoms with Gasteiger partial charge in [-0.2, -0.15) is 5.10 Å². The maximum Gasteiger partial charge on any atom is 0.323 e. The number of hydrogen-bond donors (Lipinski definition) is 2. The molecule has 3 aromatic rings. The van der Waals surface area contributed by atoms with E-state index >= 15 is 0 Å². The van der Waals surface area contributed by atoms with Crippen LogP contribution in [0.3, 0.4) is 0 Å². The summed E-state index contributed by atoms with van der Waals surface area (Å²) in [5, 5.41) is 10.9. The quantitative estimate of drug-likeness (QED) is 0.629. The van der Waals surface area contributed by atoms with E-state index in [4.69, 9.17) is 11.6 Å². The van der Waals surface area contributed by atoms with Crippen LogP contribution in [-0.4, -0.2) is 15.8 Å². The monoisotopic (exact) mass is 382 g/mol. The van der Waals surface area contributed by atoms with Crippen LogP contribution in [0, 0.1) is 27.7 Å². The Hall–Kier alpha value is -2.79. The number of aryl methyl sites for hydroxylation is 3. The van der Waals surface area contributed by atoms with Gasteiger partial charge in [0, 0.05) is 10.7 Å². The fourth-order valence-electron chi connectivity index (χ4n) is 2.96. The Kier molecular flexibility index (Phi) is 5.51. The lowest BCUT2D eigenvalue weighted by atomic mass is 10.1. The molecule has 1 heterocycles. The highest BCUT2D eigenvalue weighted by atomic mass is 35.5. The van der Waals surface area contributed by atoms with Crippen LogP contribution in [0.1, 0.15) is 28.1 Å². The van der Waals surface area contributed by atoms with Crippen molar-refractivity contribution in [3.05, 3.63) is 75.6 Å². The van der Waals surface area contributed by atoms with Gasteiger partial charge in [0.1, 0.15) is 0 Å². The molecular formula is C21H23ClN4O. The van der Waals surface area contributed by atoms with E-state index in [-0.39, 0.29) is 6.03 Å². The van der Waals surface area contributed by atoms with Crippen molar-refractivity contribution < 1.29 is 4.79 Å². The van der Waals surface area contributed by atoms with Gasteiger partial charge in [-0.15, -0.1) is 0 Å². The normalized spacial score (nSPS) is 10.7. The van der Waals surface area contributed by atoms with Crippen molar-refractivity contribution in [2.24, 2.45) is 0 Å². The van der Waals surface area contributed by atoms with Gasteiger partial charge in [0.05, 0.1) is 23.6 Å². The Morgan fingerprint density at radius 3 is 2.56 bits per heavy atom. The molecule has 0 atom stereocenters. The minimum atomic E-state index is -0.323. The highest BCUT2D eigenvalue weighted by molar-refractivity contribution is 6.31. The van der Waals surface area contributed by atoms with E-state index < -0.39 is 0 Å². The third-order valence-corrected chi connectivity index (χ3v) is 4.87. The largest absolute Gasteiger partial charge is 0.323 e. The van der Waals surface area contributed by atoms with Gasteiger partial charge in [0.25, 0.3) is 0 Å². The number of carbonyl (C=O) groups excluding carboxylic acids is 1. The van der Waals surface area contributed by atoms with E-state index in [0.29, 0.717) is 17.3 Å². The molecule has 0 radical (unpaired) electrons. The number of nitrogens with zero attached hydrogens (tertiary/aromatic N) is 2. The molecule has 0 fully saturated rings. The summed E-state index contributed by atoms with van der Waals surface area (Å²) in [6.45, 7) is 8.48. The van der Waals surface area contributed by atoms with E-state index in [9.17, 15) is 4.79 Å². The predicted octanol–water partition coefficient (Wildman–Crippen LogP) is 5.46. The number of benzene rings is 2. The summed E-state index contributed by atoms with van der Waals surface area (Å²) < 4.78 is 1.91. The van der Waals surface area contributed by atoms with Crippen LogP contribution in [0.2, 0.25) is 5.02 Å². The van der Waals surface area contributed by atoms with Crippen LogP contribution in [0.25, 0.3) is 0 Å². The minimum absolute atomic E-state index is 0.323. The number of nitrogens with one attached hydrogen (secondary N) is 2. The zero-order valence-corrected chi connectivity index (χ0v) is 16.7. The number of aromatic nitrogens is 2. The van der Waals surface area contributed by atoms with Crippen molar-refractivity contribution in [3.63, 3.8) is 0 Å². The zero-order chi connectivity index (χ0) is 19.6. The van der Waals surface area contributed by atoms with Gasteiger partial charge < -0.3 is 10.6 Å². The maximum atomic E-state index is 12.4. The molecule has 0 aliphatic heterocycles. The van der Waals surface area contributed by atoms with Crippen LogP contribution >= 0.6 is 11.6 Å². The third-order valence-electron chi connectivity index (χ3n) is 4.46. The number of halogens is 1. The Balaban J connectivity index is 1.74. The molecule has 27 heavy (non-hydrogen) atoms. The lowest BCUT2D eigenvalue weighted by Gasteiger charge is -2.10. The maximum absolute atomic E-state index is 12.4. The second-order valence-electron chi connectivity index (χ2n) is 6.74. The summed E-state index contributed by atoms with van der Waals surface area (Å²) in [6, 6.07) is 13.4. The SMILES string of the molecule is Cc1cccc(Cn2nc(C)c(NC(=O)Nc3ccc(C)c(Cl)c3)c2C)c1. The zero-order valence-electron chi connectivity index (χ0n) is 15.9. The Bertz CT molecular complexity index is 994. The van der Waals surface area contributed by atoms with Gasteiger partial charge in [0.2, 0.25) is 0 Å². The molecule has 0 aliphatic carbocycles. The average Bonchev–Trinajstić information content (AvgIpc) is 2.86. The van der Waals surface area contributed by atoms with Crippen molar-refractivity contribution >= 4 is 29.0 Å². The molecule has 0 bridgehead atoms. The van der Waals surface area contributed by atoms with Gasteiger partial charge in [0.15, 0.2) is 0 Å². The number of carbonyl (C=O) groups is 1. The first-order valence-electron chi connectivity index (χ1n) is 8.77. The smallest absolute Gasteiger partial charge is 0.308 e. The third kappa shape index (κ3) is 4.49. The first-order valence-corrected chi connectivity index (χ1v) is 9.15. The molecular weight excluding hydrogens is 360 g/mol. The van der Waals surface area contributed by atoms with Gasteiger partial charge in [-0.3, -0.25) is 4.68 Å². The molecule has 2 N–H and O–H groups in total. The second kappa shape index (κ2) is 7.84. The van der Waals surface area contributed by atoms with Crippen LogP contribution in [0.15, 0.2) is 42.5 Å². The second-order valence-corrected chi connectivity index (χ2v) is 7.14. The molecule has 0 saturated heterocycles. The fourth-order valence-corrected chi connectivity index (χ4v) is 3.14. The van der Waals surface area contributed by atoms with E-state index in [2.05, 4.69) is 40.9 Å². The van der Waals surface area contributed by atoms with Crippen molar-refractivity contribution in [1.82, 2.24) is 9.78 Å². The van der Waals surface area contributed by atoms with Gasteiger partial charge in [-0.25, -0.2) is 4.79 Å². The summed E-state index contributed by atoms with van der Waals surface area (Å²) in [5.41, 5.74) is 6.40. The van der Waals surface area contributed by atoms with Crippen LogP contribution in [0.4, 0.5) is 16.2 Å². The Morgan fingerprint density at radius 1 is 1.07 bits per heavy atom. The van der Waals surface area contributed by atoms with Gasteiger partial charge in [-0.05, 0) is 51.0 Å². The molecule has 2 amide bonds. The van der Waals surface area contributed by atoms with Crippen molar-refractivity contribution in [1.29, 1.82) is 0 Å².